The summed E-state index contributed by atoms with van der Waals surface area (Å²) >= 11 is 6.27. The Bertz CT molecular complexity index is 669. The van der Waals surface area contributed by atoms with Crippen LogP contribution >= 0.6 is 11.6 Å². The number of pyridine rings is 1. The summed E-state index contributed by atoms with van der Waals surface area (Å²) in [5.74, 6) is 0.700. The zero-order valence-corrected chi connectivity index (χ0v) is 13.1. The Morgan fingerprint density at radius 3 is 2.57 bits per heavy atom. The lowest BCUT2D eigenvalue weighted by molar-refractivity contribution is 0.726. The number of anilines is 1. The Morgan fingerprint density at radius 2 is 1.95 bits per heavy atom. The van der Waals surface area contributed by atoms with Crippen molar-refractivity contribution in [3.63, 3.8) is 0 Å². The lowest BCUT2D eigenvalue weighted by atomic mass is 10.1. The minimum atomic E-state index is 0.00992. The monoisotopic (exact) mass is 302 g/mol. The molecule has 110 valence electrons. The van der Waals surface area contributed by atoms with Crippen LogP contribution in [-0.2, 0) is 0 Å². The van der Waals surface area contributed by atoms with E-state index in [9.17, 15) is 0 Å². The Morgan fingerprint density at radius 1 is 1.29 bits per heavy atom. The average Bonchev–Trinajstić information content (AvgIpc) is 2.45. The number of aryl methyl sites for hydroxylation is 1. The molecule has 0 saturated carbocycles. The van der Waals surface area contributed by atoms with Crippen LogP contribution in [0.15, 0.2) is 36.4 Å². The summed E-state index contributed by atoms with van der Waals surface area (Å²) in [7, 11) is 1.93. The molecule has 2 rings (SSSR count). The Labute approximate surface area is 130 Å². The van der Waals surface area contributed by atoms with Gasteiger partial charge in [-0.3, -0.25) is 5.41 Å². The van der Waals surface area contributed by atoms with Crippen molar-refractivity contribution < 1.29 is 0 Å². The van der Waals surface area contributed by atoms with Crippen LogP contribution in [0.2, 0.25) is 5.02 Å². The van der Waals surface area contributed by atoms with Crippen molar-refractivity contribution in [2.45, 2.75) is 19.9 Å². The summed E-state index contributed by atoms with van der Waals surface area (Å²) in [6, 6.07) is 11.4. The van der Waals surface area contributed by atoms with E-state index in [0.29, 0.717) is 16.4 Å². The molecule has 0 radical (unpaired) electrons. The maximum Gasteiger partial charge on any atom is 0.140 e. The van der Waals surface area contributed by atoms with Gasteiger partial charge in [-0.05, 0) is 37.6 Å². The van der Waals surface area contributed by atoms with Crippen LogP contribution in [0.1, 0.15) is 29.8 Å². The van der Waals surface area contributed by atoms with Crippen molar-refractivity contribution in [3.8, 4) is 0 Å². The topological polar surface area (TPSA) is 66.0 Å². The van der Waals surface area contributed by atoms with Crippen LogP contribution in [0.25, 0.3) is 0 Å². The van der Waals surface area contributed by atoms with E-state index in [-0.39, 0.29) is 11.9 Å². The molecule has 3 N–H and O–H groups in total. The van der Waals surface area contributed by atoms with Crippen LogP contribution in [0.3, 0.4) is 0 Å². The zero-order valence-electron chi connectivity index (χ0n) is 12.4. The maximum absolute atomic E-state index is 7.71. The minimum Gasteiger partial charge on any atom is -0.384 e. The number of nitrogen functional groups attached to an aromatic ring is 1. The average molecular weight is 303 g/mol. The van der Waals surface area contributed by atoms with Gasteiger partial charge in [0.25, 0.3) is 0 Å². The minimum absolute atomic E-state index is 0.00992. The molecule has 0 aliphatic carbocycles. The number of nitrogens with two attached hydrogens (primary N) is 1. The standard InChI is InChI=1S/C16H19ClN4/c1-10-8-9-13(15(18)19)16(20-10)21(3)11(2)12-6-4-5-7-14(12)17/h4-9,11H,1-3H3,(H3,18,19). The summed E-state index contributed by atoms with van der Waals surface area (Å²) in [5.41, 5.74) is 8.18. The highest BCUT2D eigenvalue weighted by Crippen LogP contribution is 2.30. The lowest BCUT2D eigenvalue weighted by Crippen LogP contribution is -2.27. The molecular formula is C16H19ClN4. The van der Waals surface area contributed by atoms with Crippen LogP contribution in [0.4, 0.5) is 5.82 Å². The van der Waals surface area contributed by atoms with E-state index >= 15 is 0 Å². The number of hydrogen-bond donors (Lipinski definition) is 2. The number of amidine groups is 1. The molecule has 1 heterocycles. The van der Waals surface area contributed by atoms with Gasteiger partial charge in [-0.25, -0.2) is 4.98 Å². The molecule has 1 atom stereocenters. The zero-order chi connectivity index (χ0) is 15.6. The van der Waals surface area contributed by atoms with Crippen LogP contribution in [-0.4, -0.2) is 17.9 Å². The summed E-state index contributed by atoms with van der Waals surface area (Å²) in [6.07, 6.45) is 0. The highest BCUT2D eigenvalue weighted by atomic mass is 35.5. The second-order valence-electron chi connectivity index (χ2n) is 5.05. The van der Waals surface area contributed by atoms with Crippen molar-refractivity contribution in [2.24, 2.45) is 5.73 Å². The molecule has 5 heteroatoms. The number of benzene rings is 1. The van der Waals surface area contributed by atoms with Crippen LogP contribution < -0.4 is 10.6 Å². The Hall–Kier alpha value is -2.07. The molecule has 4 nitrogen and oxygen atoms in total. The molecule has 0 aliphatic heterocycles. The van der Waals surface area contributed by atoms with Gasteiger partial charge in [0.15, 0.2) is 0 Å². The van der Waals surface area contributed by atoms with E-state index in [1.54, 1.807) is 0 Å². The predicted molar refractivity (Wildman–Crippen MR) is 88.3 cm³/mol. The third-order valence-electron chi connectivity index (χ3n) is 3.57. The number of rotatable bonds is 4. The van der Waals surface area contributed by atoms with Gasteiger partial charge in [0.1, 0.15) is 11.7 Å². The van der Waals surface area contributed by atoms with Gasteiger partial charge in [0.05, 0.1) is 11.6 Å². The maximum atomic E-state index is 7.71. The van der Waals surface area contributed by atoms with Crippen LogP contribution in [0.5, 0.6) is 0 Å². The van der Waals surface area contributed by atoms with E-state index in [1.165, 1.54) is 0 Å². The van der Waals surface area contributed by atoms with Gasteiger partial charge in [-0.1, -0.05) is 29.8 Å². The van der Waals surface area contributed by atoms with Gasteiger partial charge in [0, 0.05) is 17.8 Å². The summed E-state index contributed by atoms with van der Waals surface area (Å²) in [4.78, 5) is 6.52. The van der Waals surface area contributed by atoms with E-state index in [2.05, 4.69) is 11.9 Å². The molecule has 0 amide bonds. The van der Waals surface area contributed by atoms with Crippen LogP contribution in [0, 0.1) is 12.3 Å². The highest BCUT2D eigenvalue weighted by molar-refractivity contribution is 6.31. The van der Waals surface area contributed by atoms with Gasteiger partial charge in [0.2, 0.25) is 0 Å². The summed E-state index contributed by atoms with van der Waals surface area (Å²) in [6.45, 7) is 3.97. The second-order valence-corrected chi connectivity index (χ2v) is 5.45. The number of halogens is 1. The van der Waals surface area contributed by atoms with E-state index in [1.807, 2.05) is 55.3 Å². The quantitative estimate of drug-likeness (QED) is 0.671. The number of nitrogens with one attached hydrogen (secondary N) is 1. The first kappa shape index (κ1) is 15.3. The molecule has 0 fully saturated rings. The molecule has 0 aliphatic rings. The predicted octanol–water partition coefficient (Wildman–Crippen LogP) is 3.52. The molecule has 1 unspecified atom stereocenters. The molecule has 0 saturated heterocycles. The van der Waals surface area contributed by atoms with Crippen molar-refractivity contribution in [3.05, 3.63) is 58.2 Å². The first-order valence-electron chi connectivity index (χ1n) is 6.71. The van der Waals surface area contributed by atoms with Crippen molar-refractivity contribution in [1.82, 2.24) is 4.98 Å². The fraction of sp³-hybridized carbons (Fsp3) is 0.250. The molecule has 1 aromatic carbocycles. The van der Waals surface area contributed by atoms with Crippen molar-refractivity contribution >= 4 is 23.3 Å². The largest absolute Gasteiger partial charge is 0.384 e. The highest BCUT2D eigenvalue weighted by Gasteiger charge is 2.19. The number of nitrogens with zero attached hydrogens (tertiary/aromatic N) is 2. The number of hydrogen-bond acceptors (Lipinski definition) is 3. The fourth-order valence-corrected chi connectivity index (χ4v) is 2.52. The van der Waals surface area contributed by atoms with Gasteiger partial charge in [-0.2, -0.15) is 0 Å². The van der Waals surface area contributed by atoms with Gasteiger partial charge >= 0.3 is 0 Å². The molecule has 0 spiro atoms. The van der Waals surface area contributed by atoms with Gasteiger partial charge in [-0.15, -0.1) is 0 Å². The Kier molecular flexibility index (Phi) is 4.48. The first-order chi connectivity index (χ1) is 9.91. The van der Waals surface area contributed by atoms with Crippen molar-refractivity contribution in [1.29, 1.82) is 5.41 Å². The lowest BCUT2D eigenvalue weighted by Gasteiger charge is -2.28. The van der Waals surface area contributed by atoms with Crippen molar-refractivity contribution in [2.75, 3.05) is 11.9 Å². The SMILES string of the molecule is Cc1ccc(C(=N)N)c(N(C)C(C)c2ccccc2Cl)n1. The normalized spacial score (nSPS) is 12.0. The summed E-state index contributed by atoms with van der Waals surface area (Å²) < 4.78 is 0. The first-order valence-corrected chi connectivity index (χ1v) is 7.09. The third-order valence-corrected chi connectivity index (χ3v) is 3.92. The molecular weight excluding hydrogens is 284 g/mol. The molecule has 1 aromatic heterocycles. The fourth-order valence-electron chi connectivity index (χ4n) is 2.23. The smallest absolute Gasteiger partial charge is 0.140 e. The van der Waals surface area contributed by atoms with Gasteiger partial charge < -0.3 is 10.6 Å². The molecule has 0 bridgehead atoms. The third kappa shape index (κ3) is 3.16. The Balaban J connectivity index is 2.44. The molecule has 21 heavy (non-hydrogen) atoms. The molecule has 2 aromatic rings. The van der Waals surface area contributed by atoms with E-state index < -0.39 is 0 Å². The van der Waals surface area contributed by atoms with E-state index in [0.717, 1.165) is 11.3 Å². The number of aromatic nitrogens is 1. The summed E-state index contributed by atoms with van der Waals surface area (Å²) in [5, 5.41) is 8.43. The van der Waals surface area contributed by atoms with E-state index in [4.69, 9.17) is 22.7 Å². The second kappa shape index (κ2) is 6.14.